The molecule has 0 aliphatic heterocycles. The number of aryl methyl sites for hydroxylation is 2. The van der Waals surface area contributed by atoms with Crippen molar-refractivity contribution in [1.29, 1.82) is 0 Å². The molecule has 30 heavy (non-hydrogen) atoms. The molecule has 0 bridgehead atoms. The average Bonchev–Trinajstić information content (AvgIpc) is 3.05. The predicted molar refractivity (Wildman–Crippen MR) is 117 cm³/mol. The van der Waals surface area contributed by atoms with Gasteiger partial charge >= 0.3 is 5.97 Å². The molecule has 0 atom stereocenters. The van der Waals surface area contributed by atoms with E-state index in [1.165, 1.54) is 7.11 Å². The topological polar surface area (TPSA) is 72.7 Å². The lowest BCUT2D eigenvalue weighted by molar-refractivity contribution is -0.121. The molecule has 0 saturated heterocycles. The first-order chi connectivity index (χ1) is 14.5. The molecule has 6 heteroatoms. The number of carbonyl (C=O) groups excluding carboxylic acids is 2. The monoisotopic (exact) mass is 403 g/mol. The number of rotatable bonds is 7. The second kappa shape index (κ2) is 9.69. The van der Waals surface area contributed by atoms with E-state index in [1.54, 1.807) is 18.3 Å². The van der Waals surface area contributed by atoms with Gasteiger partial charge in [-0.3, -0.25) is 4.79 Å². The first kappa shape index (κ1) is 21.0. The van der Waals surface area contributed by atoms with Crippen LogP contribution in [0.3, 0.4) is 0 Å². The highest BCUT2D eigenvalue weighted by Gasteiger charge is 2.12. The van der Waals surface area contributed by atoms with Crippen molar-refractivity contribution < 1.29 is 14.3 Å². The van der Waals surface area contributed by atoms with Crippen molar-refractivity contribution >= 4 is 18.1 Å². The van der Waals surface area contributed by atoms with Gasteiger partial charge in [0.2, 0.25) is 5.91 Å². The maximum Gasteiger partial charge on any atom is 0.337 e. The van der Waals surface area contributed by atoms with E-state index in [0.29, 0.717) is 18.4 Å². The molecule has 1 N–H and O–H groups in total. The Morgan fingerprint density at radius 1 is 1.07 bits per heavy atom. The fourth-order valence-electron chi connectivity index (χ4n) is 3.34. The van der Waals surface area contributed by atoms with E-state index in [4.69, 9.17) is 4.74 Å². The van der Waals surface area contributed by atoms with E-state index < -0.39 is 0 Å². The number of hydrazone groups is 1. The van der Waals surface area contributed by atoms with E-state index >= 15 is 0 Å². The molecule has 0 radical (unpaired) electrons. The van der Waals surface area contributed by atoms with Gasteiger partial charge in [-0.15, -0.1) is 0 Å². The second-order valence-electron chi connectivity index (χ2n) is 6.98. The molecule has 6 nitrogen and oxygen atoms in total. The molecule has 1 heterocycles. The summed E-state index contributed by atoms with van der Waals surface area (Å²) in [5.41, 5.74) is 7.89. The van der Waals surface area contributed by atoms with Gasteiger partial charge < -0.3 is 9.30 Å². The van der Waals surface area contributed by atoms with E-state index in [9.17, 15) is 9.59 Å². The maximum absolute atomic E-state index is 12.0. The molecule has 0 aliphatic rings. The number of aromatic nitrogens is 1. The van der Waals surface area contributed by atoms with Crippen molar-refractivity contribution in [1.82, 2.24) is 9.99 Å². The van der Waals surface area contributed by atoms with Gasteiger partial charge in [0.25, 0.3) is 0 Å². The Balaban J connectivity index is 1.68. The van der Waals surface area contributed by atoms with Gasteiger partial charge in [0.15, 0.2) is 0 Å². The van der Waals surface area contributed by atoms with E-state index in [0.717, 1.165) is 28.2 Å². The lowest BCUT2D eigenvalue weighted by atomic mass is 10.1. The summed E-state index contributed by atoms with van der Waals surface area (Å²) in [7, 11) is 1.36. The van der Waals surface area contributed by atoms with Crippen LogP contribution in [0.2, 0.25) is 0 Å². The van der Waals surface area contributed by atoms with Gasteiger partial charge in [0.05, 0.1) is 18.9 Å². The molecule has 0 unspecified atom stereocenters. The van der Waals surface area contributed by atoms with Crippen LogP contribution in [0, 0.1) is 13.8 Å². The standard InChI is InChI=1S/C24H25N3O3/c1-17-14-21(16-25-26-23(28)13-12-19-8-5-4-6-9-19)18(2)27(17)22-11-7-10-20(15-22)24(29)30-3/h4-11,14-16H,12-13H2,1-3H3,(H,26,28)/b25-16-. The smallest absolute Gasteiger partial charge is 0.337 e. The van der Waals surface area contributed by atoms with Crippen LogP contribution in [0.1, 0.15) is 39.3 Å². The molecule has 0 aliphatic carbocycles. The van der Waals surface area contributed by atoms with Crippen molar-refractivity contribution in [3.05, 3.63) is 88.7 Å². The van der Waals surface area contributed by atoms with E-state index in [2.05, 4.69) is 10.5 Å². The molecule has 0 spiro atoms. The summed E-state index contributed by atoms with van der Waals surface area (Å²) in [6.45, 7) is 3.95. The number of carbonyl (C=O) groups is 2. The fourth-order valence-corrected chi connectivity index (χ4v) is 3.34. The van der Waals surface area contributed by atoms with Gasteiger partial charge in [0, 0.05) is 29.1 Å². The Morgan fingerprint density at radius 3 is 2.57 bits per heavy atom. The Labute approximate surface area is 176 Å². The van der Waals surface area contributed by atoms with Crippen LogP contribution in [0.4, 0.5) is 0 Å². The molecule has 0 saturated carbocycles. The van der Waals surface area contributed by atoms with Crippen LogP contribution in [0.5, 0.6) is 0 Å². The Hall–Kier alpha value is -3.67. The summed E-state index contributed by atoms with van der Waals surface area (Å²) < 4.78 is 6.84. The van der Waals surface area contributed by atoms with E-state index in [-0.39, 0.29) is 11.9 Å². The number of methoxy groups -OCH3 is 1. The third-order valence-electron chi connectivity index (χ3n) is 4.87. The maximum atomic E-state index is 12.0. The number of ether oxygens (including phenoxy) is 1. The molecule has 0 fully saturated rings. The highest BCUT2D eigenvalue weighted by molar-refractivity contribution is 5.90. The number of nitrogens with zero attached hydrogens (tertiary/aromatic N) is 2. The SMILES string of the molecule is COC(=O)c1cccc(-n2c(C)cc(/C=N\NC(=O)CCc3ccccc3)c2C)c1. The number of esters is 1. The summed E-state index contributed by atoms with van der Waals surface area (Å²) in [5.74, 6) is -0.506. The van der Waals surface area contributed by atoms with Gasteiger partial charge in [-0.1, -0.05) is 36.4 Å². The fraction of sp³-hybridized carbons (Fsp3) is 0.208. The summed E-state index contributed by atoms with van der Waals surface area (Å²) in [5, 5.41) is 4.11. The zero-order valence-corrected chi connectivity index (χ0v) is 17.4. The molecule has 1 amide bonds. The minimum absolute atomic E-state index is 0.130. The van der Waals surface area contributed by atoms with Crippen LogP contribution in [-0.2, 0) is 16.0 Å². The minimum atomic E-state index is -0.376. The highest BCUT2D eigenvalue weighted by atomic mass is 16.5. The molecule has 1 aromatic heterocycles. The molecular formula is C24H25N3O3. The largest absolute Gasteiger partial charge is 0.465 e. The lowest BCUT2D eigenvalue weighted by Crippen LogP contribution is -2.17. The van der Waals surface area contributed by atoms with Crippen LogP contribution >= 0.6 is 0 Å². The third kappa shape index (κ3) is 5.03. The van der Waals surface area contributed by atoms with Crippen molar-refractivity contribution in [2.75, 3.05) is 7.11 Å². The van der Waals surface area contributed by atoms with Gasteiger partial charge in [-0.25, -0.2) is 10.2 Å². The van der Waals surface area contributed by atoms with Crippen molar-refractivity contribution in [3.63, 3.8) is 0 Å². The summed E-state index contributed by atoms with van der Waals surface area (Å²) in [4.78, 5) is 23.9. The highest BCUT2D eigenvalue weighted by Crippen LogP contribution is 2.21. The summed E-state index contributed by atoms with van der Waals surface area (Å²) in [6.07, 6.45) is 2.69. The first-order valence-electron chi connectivity index (χ1n) is 9.73. The molecule has 154 valence electrons. The Morgan fingerprint density at radius 2 is 1.83 bits per heavy atom. The normalized spacial score (nSPS) is 10.9. The molecule has 2 aromatic carbocycles. The minimum Gasteiger partial charge on any atom is -0.465 e. The van der Waals surface area contributed by atoms with Crippen LogP contribution < -0.4 is 5.43 Å². The second-order valence-corrected chi connectivity index (χ2v) is 6.98. The number of hydrogen-bond donors (Lipinski definition) is 1. The number of nitrogens with one attached hydrogen (secondary N) is 1. The Kier molecular flexibility index (Phi) is 6.80. The van der Waals surface area contributed by atoms with Crippen molar-refractivity contribution in [2.24, 2.45) is 5.10 Å². The molecule has 3 aromatic rings. The zero-order valence-electron chi connectivity index (χ0n) is 17.4. The van der Waals surface area contributed by atoms with Crippen molar-refractivity contribution in [3.8, 4) is 5.69 Å². The zero-order chi connectivity index (χ0) is 21.5. The quantitative estimate of drug-likeness (QED) is 0.369. The van der Waals surface area contributed by atoms with Gasteiger partial charge in [-0.2, -0.15) is 5.10 Å². The average molecular weight is 403 g/mol. The predicted octanol–water partition coefficient (Wildman–Crippen LogP) is 3.96. The number of hydrogen-bond acceptors (Lipinski definition) is 4. The number of benzene rings is 2. The molecule has 3 rings (SSSR count). The van der Waals surface area contributed by atoms with Gasteiger partial charge in [0.1, 0.15) is 0 Å². The van der Waals surface area contributed by atoms with Gasteiger partial charge in [-0.05, 0) is 50.1 Å². The van der Waals surface area contributed by atoms with Crippen LogP contribution in [0.15, 0.2) is 65.8 Å². The van der Waals surface area contributed by atoms with E-state index in [1.807, 2.05) is 66.9 Å². The van der Waals surface area contributed by atoms with Crippen LogP contribution in [0.25, 0.3) is 5.69 Å². The van der Waals surface area contributed by atoms with Crippen LogP contribution in [-0.4, -0.2) is 29.8 Å². The Bertz CT molecular complexity index is 1070. The summed E-state index contributed by atoms with van der Waals surface area (Å²) in [6, 6.07) is 19.1. The third-order valence-corrected chi connectivity index (χ3v) is 4.87. The first-order valence-corrected chi connectivity index (χ1v) is 9.73. The van der Waals surface area contributed by atoms with Crippen molar-refractivity contribution in [2.45, 2.75) is 26.7 Å². The number of amides is 1. The molecular weight excluding hydrogens is 378 g/mol. The lowest BCUT2D eigenvalue weighted by Gasteiger charge is -2.10. The summed E-state index contributed by atoms with van der Waals surface area (Å²) >= 11 is 0.